The zero-order valence-electron chi connectivity index (χ0n) is 5.42. The third kappa shape index (κ3) is 1.46. The Morgan fingerprint density at radius 2 is 1.75 bits per heavy atom. The summed E-state index contributed by atoms with van der Waals surface area (Å²) < 4.78 is 5.20. The zero-order chi connectivity index (χ0) is 5.98. The second kappa shape index (κ2) is 2.46. The Balaban J connectivity index is 2.23. The van der Waals surface area contributed by atoms with E-state index in [0.717, 1.165) is 13.2 Å². The Morgan fingerprint density at radius 3 is 2.00 bits per heavy atom. The molecule has 0 aliphatic carbocycles. The molecule has 1 aliphatic heterocycles. The van der Waals surface area contributed by atoms with Crippen molar-refractivity contribution in [2.24, 2.45) is 0 Å². The maximum atomic E-state index is 5.20. The fourth-order valence-corrected chi connectivity index (χ4v) is 0.930. The van der Waals surface area contributed by atoms with Gasteiger partial charge in [0.25, 0.3) is 0 Å². The molecular weight excluding hydrogens is 102 g/mol. The molecule has 0 aromatic carbocycles. The minimum Gasteiger partial charge on any atom is -0.378 e. The molecule has 0 unspecified atom stereocenters. The Hall–Kier alpha value is -0.0800. The molecule has 0 N–H and O–H groups in total. The van der Waals surface area contributed by atoms with Crippen LogP contribution in [-0.2, 0) is 4.74 Å². The van der Waals surface area contributed by atoms with Crippen molar-refractivity contribution >= 4 is 0 Å². The summed E-state index contributed by atoms with van der Waals surface area (Å²) in [6.45, 7) is 5.78. The molecule has 8 heavy (non-hydrogen) atoms. The fourth-order valence-electron chi connectivity index (χ4n) is 0.930. The van der Waals surface area contributed by atoms with Crippen molar-refractivity contribution in [3.63, 3.8) is 0 Å². The first-order valence-electron chi connectivity index (χ1n) is 3.06. The molecule has 1 saturated heterocycles. The molecule has 0 spiro atoms. The second-order valence-corrected chi connectivity index (χ2v) is 2.38. The van der Waals surface area contributed by atoms with E-state index in [4.69, 9.17) is 4.74 Å². The van der Waals surface area contributed by atoms with Gasteiger partial charge in [-0.3, -0.25) is 0 Å². The summed E-state index contributed by atoms with van der Waals surface area (Å²) in [4.78, 5) is 0. The van der Waals surface area contributed by atoms with Crippen molar-refractivity contribution < 1.29 is 4.74 Å². The molecule has 1 radical (unpaired) electrons. The number of nitrogens with zero attached hydrogens (tertiary/aromatic N) is 1. The van der Waals surface area contributed by atoms with Crippen LogP contribution >= 0.6 is 0 Å². The molecule has 0 saturated carbocycles. The molecular formula is C6H12NO. The predicted octanol–water partition coefficient (Wildman–Crippen LogP) is 0.398. The van der Waals surface area contributed by atoms with E-state index in [1.807, 2.05) is 0 Å². The van der Waals surface area contributed by atoms with Gasteiger partial charge in [-0.2, -0.15) is 0 Å². The molecule has 2 atom stereocenters. The third-order valence-corrected chi connectivity index (χ3v) is 1.23. The van der Waals surface area contributed by atoms with Gasteiger partial charge in [-0.05, 0) is 13.8 Å². The molecule has 1 aliphatic rings. The van der Waals surface area contributed by atoms with Crippen molar-refractivity contribution in [1.82, 2.24) is 5.32 Å². The standard InChI is InChI=1S/C6H12NO/c1-5-3-8-4-6(2)7-5/h5-6H,3-4H2,1-2H3/t5-,6-/m1/s1. The van der Waals surface area contributed by atoms with Gasteiger partial charge in [0.05, 0.1) is 13.2 Å². The van der Waals surface area contributed by atoms with E-state index in [-0.39, 0.29) is 0 Å². The van der Waals surface area contributed by atoms with E-state index >= 15 is 0 Å². The summed E-state index contributed by atoms with van der Waals surface area (Å²) in [6.07, 6.45) is 0. The van der Waals surface area contributed by atoms with E-state index in [1.165, 1.54) is 0 Å². The van der Waals surface area contributed by atoms with Crippen LogP contribution in [0.15, 0.2) is 0 Å². The lowest BCUT2D eigenvalue weighted by atomic mass is 10.2. The van der Waals surface area contributed by atoms with Crippen LogP contribution in [0.3, 0.4) is 0 Å². The number of morpholine rings is 1. The van der Waals surface area contributed by atoms with Crippen LogP contribution < -0.4 is 5.32 Å². The summed E-state index contributed by atoms with van der Waals surface area (Å²) >= 11 is 0. The minimum atomic E-state index is 0.416. The molecule has 0 bridgehead atoms. The monoisotopic (exact) mass is 114 g/mol. The van der Waals surface area contributed by atoms with Crippen molar-refractivity contribution in [3.05, 3.63) is 0 Å². The number of hydrogen-bond donors (Lipinski definition) is 0. The van der Waals surface area contributed by atoms with E-state index in [1.54, 1.807) is 0 Å². The van der Waals surface area contributed by atoms with Crippen molar-refractivity contribution in [2.45, 2.75) is 25.9 Å². The average Bonchev–Trinajstić information content (AvgIpc) is 1.64. The summed E-state index contributed by atoms with van der Waals surface area (Å²) in [6, 6.07) is 0.831. The first kappa shape index (κ1) is 6.05. The highest BCUT2D eigenvalue weighted by molar-refractivity contribution is 4.70. The highest BCUT2D eigenvalue weighted by Gasteiger charge is 2.14. The van der Waals surface area contributed by atoms with Crippen LogP contribution in [0.2, 0.25) is 0 Å². The lowest BCUT2D eigenvalue weighted by Gasteiger charge is -2.23. The van der Waals surface area contributed by atoms with Crippen LogP contribution in [-0.4, -0.2) is 25.3 Å². The molecule has 1 rings (SSSR count). The Bertz CT molecular complexity index is 66.9. The maximum absolute atomic E-state index is 5.20. The van der Waals surface area contributed by atoms with Crippen LogP contribution in [0.5, 0.6) is 0 Å². The third-order valence-electron chi connectivity index (χ3n) is 1.23. The van der Waals surface area contributed by atoms with Gasteiger partial charge < -0.3 is 4.74 Å². The summed E-state index contributed by atoms with van der Waals surface area (Å²) in [5, 5.41) is 4.36. The molecule has 1 heterocycles. The van der Waals surface area contributed by atoms with E-state index in [2.05, 4.69) is 19.2 Å². The quantitative estimate of drug-likeness (QED) is 0.447. The van der Waals surface area contributed by atoms with Crippen molar-refractivity contribution in [3.8, 4) is 0 Å². The largest absolute Gasteiger partial charge is 0.378 e. The smallest absolute Gasteiger partial charge is 0.0634 e. The van der Waals surface area contributed by atoms with Gasteiger partial charge in [0.2, 0.25) is 0 Å². The topological polar surface area (TPSA) is 23.3 Å². The van der Waals surface area contributed by atoms with Crippen LogP contribution in [0.4, 0.5) is 0 Å². The number of hydrogen-bond acceptors (Lipinski definition) is 1. The van der Waals surface area contributed by atoms with Gasteiger partial charge in [0.1, 0.15) is 0 Å². The Labute approximate surface area is 50.2 Å². The number of ether oxygens (including phenoxy) is 1. The molecule has 2 heteroatoms. The molecule has 0 aromatic rings. The van der Waals surface area contributed by atoms with Gasteiger partial charge in [-0.1, -0.05) is 0 Å². The molecule has 2 nitrogen and oxygen atoms in total. The van der Waals surface area contributed by atoms with Crippen molar-refractivity contribution in [1.29, 1.82) is 0 Å². The van der Waals surface area contributed by atoms with Crippen LogP contribution in [0.1, 0.15) is 13.8 Å². The van der Waals surface area contributed by atoms with Crippen molar-refractivity contribution in [2.75, 3.05) is 13.2 Å². The lowest BCUT2D eigenvalue weighted by molar-refractivity contribution is 0.0533. The predicted molar refractivity (Wildman–Crippen MR) is 31.9 cm³/mol. The SMILES string of the molecule is C[C@@H]1COC[C@@H](C)[N]1. The fraction of sp³-hybridized carbons (Fsp3) is 1.00. The summed E-state index contributed by atoms with van der Waals surface area (Å²) in [5.74, 6) is 0. The molecule has 0 amide bonds. The molecule has 0 aromatic heterocycles. The van der Waals surface area contributed by atoms with Gasteiger partial charge in [-0.15, -0.1) is 0 Å². The Kier molecular flexibility index (Phi) is 1.86. The Morgan fingerprint density at radius 1 is 1.25 bits per heavy atom. The van der Waals surface area contributed by atoms with Gasteiger partial charge in [0, 0.05) is 12.1 Å². The zero-order valence-corrected chi connectivity index (χ0v) is 5.42. The van der Waals surface area contributed by atoms with Crippen LogP contribution in [0, 0.1) is 0 Å². The first-order valence-corrected chi connectivity index (χ1v) is 3.06. The van der Waals surface area contributed by atoms with E-state index < -0.39 is 0 Å². The van der Waals surface area contributed by atoms with E-state index in [0.29, 0.717) is 12.1 Å². The first-order chi connectivity index (χ1) is 3.79. The van der Waals surface area contributed by atoms with Crippen LogP contribution in [0.25, 0.3) is 0 Å². The van der Waals surface area contributed by atoms with Gasteiger partial charge >= 0.3 is 0 Å². The normalized spacial score (nSPS) is 39.8. The summed E-state index contributed by atoms with van der Waals surface area (Å²) in [7, 11) is 0. The van der Waals surface area contributed by atoms with Gasteiger partial charge in [-0.25, -0.2) is 5.32 Å². The van der Waals surface area contributed by atoms with Gasteiger partial charge in [0.15, 0.2) is 0 Å². The average molecular weight is 114 g/mol. The number of rotatable bonds is 0. The highest BCUT2D eigenvalue weighted by atomic mass is 16.5. The molecule has 1 fully saturated rings. The minimum absolute atomic E-state index is 0.416. The summed E-state index contributed by atoms with van der Waals surface area (Å²) in [5.41, 5.74) is 0. The lowest BCUT2D eigenvalue weighted by Crippen LogP contribution is -2.39. The maximum Gasteiger partial charge on any atom is 0.0634 e. The molecule has 47 valence electrons. The van der Waals surface area contributed by atoms with E-state index in [9.17, 15) is 0 Å². The second-order valence-electron chi connectivity index (χ2n) is 2.38. The highest BCUT2D eigenvalue weighted by Crippen LogP contribution is 1.98.